The van der Waals surface area contributed by atoms with Crippen LogP contribution < -0.4 is 0 Å². The Balaban J connectivity index is 1.09. The molecule has 4 nitrogen and oxygen atoms in total. The van der Waals surface area contributed by atoms with Crippen LogP contribution in [0.2, 0.25) is 0 Å². The van der Waals surface area contributed by atoms with Gasteiger partial charge in [0.2, 0.25) is 0 Å². The molecule has 0 spiro atoms. The van der Waals surface area contributed by atoms with E-state index in [2.05, 4.69) is 170 Å². The van der Waals surface area contributed by atoms with E-state index in [0.29, 0.717) is 17.5 Å². The first-order chi connectivity index (χ1) is 27.2. The number of benzene rings is 9. The van der Waals surface area contributed by atoms with Crippen LogP contribution in [0.4, 0.5) is 0 Å². The maximum atomic E-state index is 6.27. The third-order valence-corrected chi connectivity index (χ3v) is 10.7. The highest BCUT2D eigenvalue weighted by atomic mass is 16.3. The molecule has 2 aromatic heterocycles. The first-order valence-electron chi connectivity index (χ1n) is 18.5. The zero-order valence-electron chi connectivity index (χ0n) is 29.6. The maximum Gasteiger partial charge on any atom is 0.164 e. The molecule has 9 aromatic carbocycles. The molecule has 2 heterocycles. The third kappa shape index (κ3) is 5.43. The standard InChI is InChI=1S/C51H31N3O/c1-3-11-32(12-4-1)34-19-20-36-28-38(23-21-35(36)27-34)49-52-50(39-24-22-37-30-46-44-17-9-10-18-47(44)55-48(46)31-40(37)29-39)54-51(53-49)45-26-25-41(33-13-5-2-6-14-33)42-15-7-8-16-43(42)45/h1-31H. The zero-order valence-corrected chi connectivity index (χ0v) is 29.6. The van der Waals surface area contributed by atoms with E-state index >= 15 is 0 Å². The largest absolute Gasteiger partial charge is 0.456 e. The lowest BCUT2D eigenvalue weighted by molar-refractivity contribution is 0.669. The summed E-state index contributed by atoms with van der Waals surface area (Å²) in [5, 5.41) is 8.94. The SMILES string of the molecule is c1ccc(-c2ccc3cc(-c4nc(-c5ccc6cc7c(cc6c5)oc5ccccc57)nc(-c5ccc(-c6ccccc6)c6ccccc56)n4)ccc3c2)cc1. The summed E-state index contributed by atoms with van der Waals surface area (Å²) in [7, 11) is 0. The minimum absolute atomic E-state index is 0.613. The van der Waals surface area contributed by atoms with Crippen LogP contribution in [0, 0.1) is 0 Å². The molecule has 256 valence electrons. The summed E-state index contributed by atoms with van der Waals surface area (Å²) < 4.78 is 6.27. The van der Waals surface area contributed by atoms with E-state index in [0.717, 1.165) is 70.9 Å². The summed E-state index contributed by atoms with van der Waals surface area (Å²) in [5.74, 6) is 1.86. The van der Waals surface area contributed by atoms with Gasteiger partial charge in [0.15, 0.2) is 17.5 Å². The summed E-state index contributed by atoms with van der Waals surface area (Å²) in [6.45, 7) is 0. The molecule has 0 atom stereocenters. The summed E-state index contributed by atoms with van der Waals surface area (Å²) in [4.78, 5) is 15.6. The van der Waals surface area contributed by atoms with Crippen molar-refractivity contribution in [3.05, 3.63) is 188 Å². The van der Waals surface area contributed by atoms with E-state index in [9.17, 15) is 0 Å². The average Bonchev–Trinajstić information content (AvgIpc) is 3.62. The maximum absolute atomic E-state index is 6.27. The fourth-order valence-corrected chi connectivity index (χ4v) is 7.92. The number of aromatic nitrogens is 3. The highest BCUT2D eigenvalue weighted by molar-refractivity contribution is 6.10. The van der Waals surface area contributed by atoms with Gasteiger partial charge >= 0.3 is 0 Å². The minimum Gasteiger partial charge on any atom is -0.456 e. The van der Waals surface area contributed by atoms with Gasteiger partial charge in [-0.1, -0.05) is 146 Å². The van der Waals surface area contributed by atoms with Crippen molar-refractivity contribution in [1.29, 1.82) is 0 Å². The van der Waals surface area contributed by atoms with Gasteiger partial charge in [0, 0.05) is 27.5 Å². The van der Waals surface area contributed by atoms with E-state index in [1.54, 1.807) is 0 Å². The van der Waals surface area contributed by atoms with Crippen molar-refractivity contribution in [2.45, 2.75) is 0 Å². The normalized spacial score (nSPS) is 11.6. The van der Waals surface area contributed by atoms with Crippen molar-refractivity contribution in [1.82, 2.24) is 15.0 Å². The molecule has 0 saturated heterocycles. The zero-order chi connectivity index (χ0) is 36.3. The van der Waals surface area contributed by atoms with Crippen LogP contribution in [0.5, 0.6) is 0 Å². The molecule has 0 aliphatic heterocycles. The molecule has 0 fully saturated rings. The minimum atomic E-state index is 0.613. The van der Waals surface area contributed by atoms with Gasteiger partial charge < -0.3 is 4.42 Å². The van der Waals surface area contributed by atoms with E-state index in [4.69, 9.17) is 19.4 Å². The van der Waals surface area contributed by atoms with Crippen LogP contribution >= 0.6 is 0 Å². The average molecular weight is 702 g/mol. The number of nitrogens with zero attached hydrogens (tertiary/aromatic N) is 3. The molecule has 0 bridgehead atoms. The van der Waals surface area contributed by atoms with Crippen LogP contribution in [0.15, 0.2) is 192 Å². The van der Waals surface area contributed by atoms with Gasteiger partial charge in [-0.05, 0) is 97.0 Å². The lowest BCUT2D eigenvalue weighted by atomic mass is 9.94. The van der Waals surface area contributed by atoms with Gasteiger partial charge in [-0.3, -0.25) is 0 Å². The monoisotopic (exact) mass is 701 g/mol. The Bertz CT molecular complexity index is 3260. The highest BCUT2D eigenvalue weighted by Crippen LogP contribution is 2.38. The molecule has 11 aromatic rings. The molecule has 0 unspecified atom stereocenters. The topological polar surface area (TPSA) is 51.8 Å². The molecule has 0 aliphatic rings. The van der Waals surface area contributed by atoms with Crippen molar-refractivity contribution in [3.8, 4) is 56.4 Å². The fraction of sp³-hybridized carbons (Fsp3) is 0. The Kier molecular flexibility index (Phi) is 7.14. The number of para-hydroxylation sites is 1. The smallest absolute Gasteiger partial charge is 0.164 e. The van der Waals surface area contributed by atoms with Crippen molar-refractivity contribution >= 4 is 54.3 Å². The van der Waals surface area contributed by atoms with Crippen LogP contribution in [-0.2, 0) is 0 Å². The van der Waals surface area contributed by atoms with Crippen molar-refractivity contribution in [3.63, 3.8) is 0 Å². The van der Waals surface area contributed by atoms with E-state index in [-0.39, 0.29) is 0 Å². The van der Waals surface area contributed by atoms with Gasteiger partial charge in [0.25, 0.3) is 0 Å². The molecule has 0 amide bonds. The van der Waals surface area contributed by atoms with Crippen molar-refractivity contribution in [2.75, 3.05) is 0 Å². The Labute approximate surface area is 317 Å². The molecule has 55 heavy (non-hydrogen) atoms. The van der Waals surface area contributed by atoms with Gasteiger partial charge in [-0.2, -0.15) is 0 Å². The quantitative estimate of drug-likeness (QED) is 0.179. The Morgan fingerprint density at radius 2 is 0.782 bits per heavy atom. The molecular weight excluding hydrogens is 671 g/mol. The lowest BCUT2D eigenvalue weighted by Gasteiger charge is -2.13. The molecule has 0 radical (unpaired) electrons. The molecule has 4 heteroatoms. The fourth-order valence-electron chi connectivity index (χ4n) is 7.92. The first kappa shape index (κ1) is 31.1. The Morgan fingerprint density at radius 1 is 0.273 bits per heavy atom. The second-order valence-electron chi connectivity index (χ2n) is 14.0. The van der Waals surface area contributed by atoms with Gasteiger partial charge in [0.05, 0.1) is 0 Å². The van der Waals surface area contributed by atoms with Crippen molar-refractivity contribution in [2.24, 2.45) is 0 Å². The number of fused-ring (bicyclic) bond motifs is 6. The van der Waals surface area contributed by atoms with Gasteiger partial charge in [-0.15, -0.1) is 0 Å². The second kappa shape index (κ2) is 12.6. The number of hydrogen-bond donors (Lipinski definition) is 0. The van der Waals surface area contributed by atoms with Gasteiger partial charge in [-0.25, -0.2) is 15.0 Å². The third-order valence-electron chi connectivity index (χ3n) is 10.7. The Morgan fingerprint density at radius 3 is 1.49 bits per heavy atom. The van der Waals surface area contributed by atoms with Crippen LogP contribution in [0.3, 0.4) is 0 Å². The van der Waals surface area contributed by atoms with E-state index in [1.807, 2.05) is 18.2 Å². The lowest BCUT2D eigenvalue weighted by Crippen LogP contribution is -2.01. The molecule has 0 saturated carbocycles. The number of furan rings is 1. The predicted octanol–water partition coefficient (Wildman–Crippen LogP) is 13.6. The van der Waals surface area contributed by atoms with Crippen LogP contribution in [-0.4, -0.2) is 15.0 Å². The Hall–Kier alpha value is -7.43. The first-order valence-corrected chi connectivity index (χ1v) is 18.5. The van der Waals surface area contributed by atoms with Gasteiger partial charge in [0.1, 0.15) is 11.2 Å². The predicted molar refractivity (Wildman–Crippen MR) is 227 cm³/mol. The molecular formula is C51H31N3O. The van der Waals surface area contributed by atoms with Crippen LogP contribution in [0.25, 0.3) is 111 Å². The second-order valence-corrected chi connectivity index (χ2v) is 14.0. The molecule has 11 rings (SSSR count). The summed E-state index contributed by atoms with van der Waals surface area (Å²) in [6.07, 6.45) is 0. The van der Waals surface area contributed by atoms with E-state index < -0.39 is 0 Å². The number of hydrogen-bond acceptors (Lipinski definition) is 4. The van der Waals surface area contributed by atoms with E-state index in [1.165, 1.54) is 22.3 Å². The summed E-state index contributed by atoms with van der Waals surface area (Å²) in [6, 6.07) is 65.9. The summed E-state index contributed by atoms with van der Waals surface area (Å²) in [5.41, 5.74) is 9.27. The summed E-state index contributed by atoms with van der Waals surface area (Å²) >= 11 is 0. The number of rotatable bonds is 5. The van der Waals surface area contributed by atoms with Crippen molar-refractivity contribution < 1.29 is 4.42 Å². The molecule has 0 aliphatic carbocycles. The molecule has 0 N–H and O–H groups in total. The van der Waals surface area contributed by atoms with Crippen LogP contribution in [0.1, 0.15) is 0 Å². The highest BCUT2D eigenvalue weighted by Gasteiger charge is 2.17.